The second-order valence-electron chi connectivity index (χ2n) is 9.42. The fraction of sp³-hybridized carbons (Fsp3) is 0.357. The highest BCUT2D eigenvalue weighted by Crippen LogP contribution is 2.33. The van der Waals surface area contributed by atoms with E-state index in [4.69, 9.17) is 41.8 Å². The van der Waals surface area contributed by atoms with E-state index in [0.717, 1.165) is 18.7 Å². The Kier molecular flexibility index (Phi) is 9.33. The molecule has 0 radical (unpaired) electrons. The zero-order valence-electron chi connectivity index (χ0n) is 21.8. The molecule has 2 aromatic carbocycles. The largest absolute Gasteiger partial charge is 0.467 e. The molecule has 0 aliphatic carbocycles. The van der Waals surface area contributed by atoms with Gasteiger partial charge in [0.15, 0.2) is 11.5 Å². The number of morpholine rings is 1. The molecular weight excluding hydrogens is 559 g/mol. The molecule has 3 amide bonds. The van der Waals surface area contributed by atoms with Gasteiger partial charge in [0.05, 0.1) is 41.8 Å². The third-order valence-electron chi connectivity index (χ3n) is 6.69. The molecule has 2 aliphatic heterocycles. The summed E-state index contributed by atoms with van der Waals surface area (Å²) in [5.41, 5.74) is 1.16. The van der Waals surface area contributed by atoms with E-state index in [1.165, 1.54) is 4.90 Å². The van der Waals surface area contributed by atoms with E-state index in [1.807, 2.05) is 24.3 Å². The molecule has 0 atom stereocenters. The number of fused-ring (bicyclic) bond motifs is 1. The third kappa shape index (κ3) is 7.19. The van der Waals surface area contributed by atoms with Crippen LogP contribution in [0.1, 0.15) is 11.3 Å². The van der Waals surface area contributed by atoms with Gasteiger partial charge in [-0.15, -0.1) is 0 Å². The molecule has 2 aliphatic rings. The van der Waals surface area contributed by atoms with E-state index in [1.54, 1.807) is 35.4 Å². The van der Waals surface area contributed by atoms with E-state index < -0.39 is 6.03 Å². The molecule has 0 saturated carbocycles. The van der Waals surface area contributed by atoms with Gasteiger partial charge in [-0.3, -0.25) is 9.69 Å². The van der Waals surface area contributed by atoms with Crippen LogP contribution in [-0.4, -0.2) is 79.4 Å². The Bertz CT molecular complexity index is 1300. The molecule has 40 heavy (non-hydrogen) atoms. The molecule has 1 N–H and O–H groups in total. The summed E-state index contributed by atoms with van der Waals surface area (Å²) in [6.07, 6.45) is 1.56. The van der Waals surface area contributed by atoms with Crippen molar-refractivity contribution in [1.82, 2.24) is 14.7 Å². The monoisotopic (exact) mass is 588 g/mol. The summed E-state index contributed by atoms with van der Waals surface area (Å²) >= 11 is 12.6. The lowest BCUT2D eigenvalue weighted by Crippen LogP contribution is -2.48. The number of ether oxygens (including phenoxy) is 3. The first-order valence-electron chi connectivity index (χ1n) is 12.9. The van der Waals surface area contributed by atoms with Crippen molar-refractivity contribution in [3.05, 3.63) is 76.2 Å². The highest BCUT2D eigenvalue weighted by atomic mass is 35.5. The number of nitrogens with one attached hydrogen (secondary N) is 1. The Hall–Kier alpha value is -3.44. The topological polar surface area (TPSA) is 96.7 Å². The van der Waals surface area contributed by atoms with Crippen LogP contribution in [-0.2, 0) is 22.6 Å². The molecule has 0 unspecified atom stereocenters. The van der Waals surface area contributed by atoms with Crippen LogP contribution in [0.2, 0.25) is 10.0 Å². The minimum Gasteiger partial charge on any atom is -0.467 e. The first kappa shape index (κ1) is 28.1. The number of carbonyl (C=O) groups excluding carboxylic acids is 2. The van der Waals surface area contributed by atoms with Crippen molar-refractivity contribution in [3.63, 3.8) is 0 Å². The fourth-order valence-corrected chi connectivity index (χ4v) is 4.98. The number of rotatable bonds is 10. The summed E-state index contributed by atoms with van der Waals surface area (Å²) in [6, 6.07) is 13.6. The number of halogens is 2. The standard InChI is InChI=1S/C28H30Cl2N4O6/c29-22-4-1-5-23(30)27(22)31-28(36)33(9-8-32-10-13-37-14-11-32)18-26(35)34(17-21-3-2-12-38-21)16-20-6-7-24-25(15-20)40-19-39-24/h1-7,12,15H,8-11,13-14,16-19H2,(H,31,36). The number of anilines is 1. The van der Waals surface area contributed by atoms with Gasteiger partial charge in [0.2, 0.25) is 12.7 Å². The zero-order valence-corrected chi connectivity index (χ0v) is 23.3. The van der Waals surface area contributed by atoms with Gasteiger partial charge in [-0.05, 0) is 42.0 Å². The van der Waals surface area contributed by atoms with E-state index >= 15 is 0 Å². The van der Waals surface area contributed by atoms with Crippen LogP contribution in [0.25, 0.3) is 0 Å². The van der Waals surface area contributed by atoms with Gasteiger partial charge < -0.3 is 33.7 Å². The molecule has 3 heterocycles. The normalized spacial score (nSPS) is 14.7. The van der Waals surface area contributed by atoms with Crippen LogP contribution < -0.4 is 14.8 Å². The Morgan fingerprint density at radius 2 is 1.70 bits per heavy atom. The van der Waals surface area contributed by atoms with E-state index in [0.29, 0.717) is 59.3 Å². The highest BCUT2D eigenvalue weighted by Gasteiger charge is 2.25. The number of amides is 3. The van der Waals surface area contributed by atoms with Crippen LogP contribution in [0.3, 0.4) is 0 Å². The lowest BCUT2D eigenvalue weighted by Gasteiger charge is -2.31. The SMILES string of the molecule is O=C(CN(CCN1CCOCC1)C(=O)Nc1c(Cl)cccc1Cl)N(Cc1ccc2c(c1)OCO2)Cc1ccco1. The van der Waals surface area contributed by atoms with Crippen molar-refractivity contribution in [1.29, 1.82) is 0 Å². The molecule has 5 rings (SSSR count). The smallest absolute Gasteiger partial charge is 0.322 e. The summed E-state index contributed by atoms with van der Waals surface area (Å²) < 4.78 is 21.9. The van der Waals surface area contributed by atoms with Crippen molar-refractivity contribution in [2.75, 3.05) is 58.0 Å². The second kappa shape index (κ2) is 13.3. The number of furan rings is 1. The highest BCUT2D eigenvalue weighted by molar-refractivity contribution is 6.39. The van der Waals surface area contributed by atoms with Gasteiger partial charge in [-0.1, -0.05) is 35.3 Å². The first-order valence-corrected chi connectivity index (χ1v) is 13.7. The maximum Gasteiger partial charge on any atom is 0.322 e. The van der Waals surface area contributed by atoms with Crippen LogP contribution >= 0.6 is 23.2 Å². The minimum absolute atomic E-state index is 0.163. The molecule has 212 valence electrons. The van der Waals surface area contributed by atoms with Gasteiger partial charge >= 0.3 is 6.03 Å². The number of para-hydroxylation sites is 1. The third-order valence-corrected chi connectivity index (χ3v) is 7.32. The lowest BCUT2D eigenvalue weighted by atomic mass is 10.2. The molecule has 12 heteroatoms. The molecule has 0 spiro atoms. The second-order valence-corrected chi connectivity index (χ2v) is 10.2. The summed E-state index contributed by atoms with van der Waals surface area (Å²) in [5, 5.41) is 3.41. The number of hydrogen-bond acceptors (Lipinski definition) is 7. The van der Waals surface area contributed by atoms with Crippen LogP contribution in [0.4, 0.5) is 10.5 Å². The molecule has 1 saturated heterocycles. The maximum absolute atomic E-state index is 13.8. The number of benzene rings is 2. The Morgan fingerprint density at radius 3 is 2.45 bits per heavy atom. The zero-order chi connectivity index (χ0) is 27.9. The van der Waals surface area contributed by atoms with Crippen LogP contribution in [0.5, 0.6) is 11.5 Å². The number of nitrogens with zero attached hydrogens (tertiary/aromatic N) is 3. The van der Waals surface area contributed by atoms with E-state index in [-0.39, 0.29) is 32.3 Å². The molecule has 3 aromatic rings. The molecule has 0 bridgehead atoms. The number of carbonyl (C=O) groups is 2. The summed E-state index contributed by atoms with van der Waals surface area (Å²) in [4.78, 5) is 32.6. The average Bonchev–Trinajstić information content (AvgIpc) is 3.65. The summed E-state index contributed by atoms with van der Waals surface area (Å²) in [6.45, 7) is 4.20. The van der Waals surface area contributed by atoms with Gasteiger partial charge in [0.25, 0.3) is 0 Å². The predicted molar refractivity (Wildman–Crippen MR) is 150 cm³/mol. The van der Waals surface area contributed by atoms with Crippen molar-refractivity contribution >= 4 is 40.8 Å². The molecule has 10 nitrogen and oxygen atoms in total. The summed E-state index contributed by atoms with van der Waals surface area (Å²) in [7, 11) is 0. The van der Waals surface area contributed by atoms with E-state index in [2.05, 4.69) is 10.2 Å². The minimum atomic E-state index is -0.474. The van der Waals surface area contributed by atoms with Gasteiger partial charge in [-0.25, -0.2) is 4.79 Å². The van der Waals surface area contributed by atoms with Gasteiger partial charge in [-0.2, -0.15) is 0 Å². The summed E-state index contributed by atoms with van der Waals surface area (Å²) in [5.74, 6) is 1.67. The van der Waals surface area contributed by atoms with Gasteiger partial charge in [0, 0.05) is 32.7 Å². The van der Waals surface area contributed by atoms with Crippen molar-refractivity contribution in [3.8, 4) is 11.5 Å². The van der Waals surface area contributed by atoms with Gasteiger partial charge in [0.1, 0.15) is 12.3 Å². The molecule has 1 fully saturated rings. The van der Waals surface area contributed by atoms with Crippen LogP contribution in [0, 0.1) is 0 Å². The lowest BCUT2D eigenvalue weighted by molar-refractivity contribution is -0.133. The van der Waals surface area contributed by atoms with Crippen molar-refractivity contribution in [2.24, 2.45) is 0 Å². The van der Waals surface area contributed by atoms with Crippen LogP contribution in [0.15, 0.2) is 59.2 Å². The Morgan fingerprint density at radius 1 is 0.925 bits per heavy atom. The maximum atomic E-state index is 13.8. The van der Waals surface area contributed by atoms with E-state index in [9.17, 15) is 9.59 Å². The fourth-order valence-electron chi connectivity index (χ4n) is 4.49. The Balaban J connectivity index is 1.34. The predicted octanol–water partition coefficient (Wildman–Crippen LogP) is 4.71. The molecule has 1 aromatic heterocycles. The number of urea groups is 1. The van der Waals surface area contributed by atoms with Crippen molar-refractivity contribution in [2.45, 2.75) is 13.1 Å². The van der Waals surface area contributed by atoms with Crippen molar-refractivity contribution < 1.29 is 28.2 Å². The Labute approximate surface area is 242 Å². The quantitative estimate of drug-likeness (QED) is 0.366. The first-order chi connectivity index (χ1) is 19.5. The average molecular weight is 589 g/mol. The molecular formula is C28H30Cl2N4O6. The number of hydrogen-bond donors (Lipinski definition) is 1.